The Labute approximate surface area is 82.3 Å². The summed E-state index contributed by atoms with van der Waals surface area (Å²) in [4.78, 5) is 11.2. The first-order valence-corrected chi connectivity index (χ1v) is 3.98. The minimum absolute atomic E-state index is 0.0872. The molecule has 0 heterocycles. The summed E-state index contributed by atoms with van der Waals surface area (Å²) in [5.41, 5.74) is 1.20. The second-order valence-electron chi connectivity index (χ2n) is 2.83. The van der Waals surface area contributed by atoms with Crippen LogP contribution in [-0.2, 0) is 4.74 Å². The Balaban J connectivity index is 3.36. The first kappa shape index (κ1) is 10.1. The van der Waals surface area contributed by atoms with Crippen LogP contribution in [-0.4, -0.2) is 18.2 Å². The molecule has 0 saturated heterocycles. The zero-order valence-electron chi connectivity index (χ0n) is 8.00. The lowest BCUT2D eigenvalue weighted by molar-refractivity contribution is 0.0597. The number of esters is 1. The minimum atomic E-state index is -0.595. The highest BCUT2D eigenvalue weighted by Gasteiger charge is 2.14. The number of rotatable bonds is 1. The van der Waals surface area contributed by atoms with E-state index in [1.165, 1.54) is 13.2 Å². The number of hydrogen-bond acceptors (Lipinski definition) is 3. The standard InChI is InChI=1S/C11H10O3/c1-4-8-5-7(2)10(12)9(6-8)11(13)14-3/h1,5-6,12H,2-3H3. The highest BCUT2D eigenvalue weighted by Crippen LogP contribution is 2.24. The van der Waals surface area contributed by atoms with Crippen LogP contribution in [0, 0.1) is 19.3 Å². The topological polar surface area (TPSA) is 46.5 Å². The normalized spacial score (nSPS) is 9.21. The van der Waals surface area contributed by atoms with E-state index in [-0.39, 0.29) is 11.3 Å². The molecular formula is C11H10O3. The van der Waals surface area contributed by atoms with Gasteiger partial charge in [-0.15, -0.1) is 6.42 Å². The molecule has 72 valence electrons. The van der Waals surface area contributed by atoms with Gasteiger partial charge in [-0.05, 0) is 24.6 Å². The molecule has 1 N–H and O–H groups in total. The summed E-state index contributed by atoms with van der Waals surface area (Å²) in [6.45, 7) is 1.67. The number of methoxy groups -OCH3 is 1. The Bertz CT molecular complexity index is 413. The van der Waals surface area contributed by atoms with Crippen molar-refractivity contribution in [2.45, 2.75) is 6.92 Å². The van der Waals surface area contributed by atoms with Gasteiger partial charge in [0.15, 0.2) is 0 Å². The summed E-state index contributed by atoms with van der Waals surface area (Å²) in [6, 6.07) is 3.05. The Morgan fingerprint density at radius 2 is 2.21 bits per heavy atom. The van der Waals surface area contributed by atoms with Crippen LogP contribution in [0.2, 0.25) is 0 Å². The molecule has 0 unspecified atom stereocenters. The second-order valence-corrected chi connectivity index (χ2v) is 2.83. The van der Waals surface area contributed by atoms with E-state index in [0.29, 0.717) is 11.1 Å². The van der Waals surface area contributed by atoms with E-state index in [1.54, 1.807) is 13.0 Å². The fourth-order valence-electron chi connectivity index (χ4n) is 1.13. The van der Waals surface area contributed by atoms with E-state index in [2.05, 4.69) is 10.7 Å². The minimum Gasteiger partial charge on any atom is -0.507 e. The van der Waals surface area contributed by atoms with Gasteiger partial charge >= 0.3 is 5.97 Å². The number of benzene rings is 1. The Kier molecular flexibility index (Phi) is 2.78. The molecule has 14 heavy (non-hydrogen) atoms. The van der Waals surface area contributed by atoms with E-state index in [4.69, 9.17) is 6.42 Å². The Morgan fingerprint density at radius 1 is 1.57 bits per heavy atom. The number of carbonyl (C=O) groups excluding carboxylic acids is 1. The van der Waals surface area contributed by atoms with Crippen molar-refractivity contribution in [3.63, 3.8) is 0 Å². The molecular weight excluding hydrogens is 180 g/mol. The number of hydrogen-bond donors (Lipinski definition) is 1. The monoisotopic (exact) mass is 190 g/mol. The lowest BCUT2D eigenvalue weighted by Crippen LogP contribution is -2.03. The van der Waals surface area contributed by atoms with Crippen molar-refractivity contribution in [2.75, 3.05) is 7.11 Å². The van der Waals surface area contributed by atoms with Crippen LogP contribution in [0.15, 0.2) is 12.1 Å². The molecule has 0 aliphatic rings. The second kappa shape index (κ2) is 3.84. The molecule has 0 aromatic heterocycles. The maximum atomic E-state index is 11.2. The first-order valence-electron chi connectivity index (χ1n) is 3.98. The molecule has 1 aromatic rings. The van der Waals surface area contributed by atoms with Crippen molar-refractivity contribution >= 4 is 5.97 Å². The van der Waals surface area contributed by atoms with Gasteiger partial charge in [0.25, 0.3) is 0 Å². The zero-order chi connectivity index (χ0) is 10.7. The summed E-state index contributed by atoms with van der Waals surface area (Å²) < 4.78 is 4.50. The highest BCUT2D eigenvalue weighted by molar-refractivity contribution is 5.93. The lowest BCUT2D eigenvalue weighted by Gasteiger charge is -2.06. The SMILES string of the molecule is C#Cc1cc(C)c(O)c(C(=O)OC)c1. The van der Waals surface area contributed by atoms with Gasteiger partial charge in [0, 0.05) is 5.56 Å². The van der Waals surface area contributed by atoms with E-state index in [1.807, 2.05) is 0 Å². The summed E-state index contributed by atoms with van der Waals surface area (Å²) >= 11 is 0. The first-order chi connectivity index (χ1) is 6.60. The van der Waals surface area contributed by atoms with Crippen LogP contribution in [0.3, 0.4) is 0 Å². The molecule has 0 spiro atoms. The maximum Gasteiger partial charge on any atom is 0.341 e. The molecule has 0 aliphatic heterocycles. The lowest BCUT2D eigenvalue weighted by atomic mass is 10.1. The highest BCUT2D eigenvalue weighted by atomic mass is 16.5. The van der Waals surface area contributed by atoms with Crippen molar-refractivity contribution in [2.24, 2.45) is 0 Å². The maximum absolute atomic E-state index is 11.2. The van der Waals surface area contributed by atoms with Gasteiger partial charge < -0.3 is 9.84 Å². The third kappa shape index (κ3) is 1.69. The van der Waals surface area contributed by atoms with E-state index >= 15 is 0 Å². The number of carbonyl (C=O) groups is 1. The predicted molar refractivity (Wildman–Crippen MR) is 52.1 cm³/mol. The largest absolute Gasteiger partial charge is 0.507 e. The molecule has 0 aliphatic carbocycles. The molecule has 0 radical (unpaired) electrons. The average Bonchev–Trinajstić information content (AvgIpc) is 2.20. The van der Waals surface area contributed by atoms with Crippen LogP contribution >= 0.6 is 0 Å². The fourth-order valence-corrected chi connectivity index (χ4v) is 1.13. The van der Waals surface area contributed by atoms with Gasteiger partial charge in [-0.25, -0.2) is 4.79 Å². The van der Waals surface area contributed by atoms with Crippen molar-refractivity contribution in [1.82, 2.24) is 0 Å². The van der Waals surface area contributed by atoms with Gasteiger partial charge in [-0.2, -0.15) is 0 Å². The molecule has 0 atom stereocenters. The van der Waals surface area contributed by atoms with Crippen LogP contribution in [0.4, 0.5) is 0 Å². The van der Waals surface area contributed by atoms with Gasteiger partial charge in [-0.1, -0.05) is 5.92 Å². The summed E-state index contributed by atoms with van der Waals surface area (Å²) in [5, 5.41) is 9.55. The average molecular weight is 190 g/mol. The van der Waals surface area contributed by atoms with Crippen molar-refractivity contribution in [3.8, 4) is 18.1 Å². The smallest absolute Gasteiger partial charge is 0.341 e. The summed E-state index contributed by atoms with van der Waals surface area (Å²) in [7, 11) is 1.25. The molecule has 0 amide bonds. The van der Waals surface area contributed by atoms with Gasteiger partial charge in [0.2, 0.25) is 0 Å². The van der Waals surface area contributed by atoms with Crippen molar-refractivity contribution < 1.29 is 14.6 Å². The fraction of sp³-hybridized carbons (Fsp3) is 0.182. The third-order valence-electron chi connectivity index (χ3n) is 1.87. The van der Waals surface area contributed by atoms with Gasteiger partial charge in [0.1, 0.15) is 11.3 Å². The molecule has 3 heteroatoms. The van der Waals surface area contributed by atoms with E-state index in [0.717, 1.165) is 0 Å². The van der Waals surface area contributed by atoms with Crippen LogP contribution < -0.4 is 0 Å². The van der Waals surface area contributed by atoms with Crippen LogP contribution in [0.5, 0.6) is 5.75 Å². The quantitative estimate of drug-likeness (QED) is 0.538. The molecule has 1 rings (SSSR count). The van der Waals surface area contributed by atoms with Crippen molar-refractivity contribution in [3.05, 3.63) is 28.8 Å². The third-order valence-corrected chi connectivity index (χ3v) is 1.87. The number of terminal acetylenes is 1. The molecule has 3 nitrogen and oxygen atoms in total. The molecule has 0 bridgehead atoms. The Morgan fingerprint density at radius 3 is 2.71 bits per heavy atom. The number of phenolic OH excluding ortho intramolecular Hbond substituents is 1. The molecule has 0 fully saturated rings. The predicted octanol–water partition coefficient (Wildman–Crippen LogP) is 1.47. The Hall–Kier alpha value is -1.95. The van der Waals surface area contributed by atoms with Crippen molar-refractivity contribution in [1.29, 1.82) is 0 Å². The zero-order valence-corrected chi connectivity index (χ0v) is 8.00. The van der Waals surface area contributed by atoms with Crippen LogP contribution in [0.25, 0.3) is 0 Å². The van der Waals surface area contributed by atoms with E-state index < -0.39 is 5.97 Å². The molecule has 0 saturated carbocycles. The van der Waals surface area contributed by atoms with E-state index in [9.17, 15) is 9.90 Å². The van der Waals surface area contributed by atoms with Crippen LogP contribution in [0.1, 0.15) is 21.5 Å². The summed E-state index contributed by atoms with van der Waals surface area (Å²) in [5.74, 6) is 1.71. The van der Waals surface area contributed by atoms with Gasteiger partial charge in [0.05, 0.1) is 7.11 Å². The number of aromatic hydroxyl groups is 1. The van der Waals surface area contributed by atoms with Gasteiger partial charge in [-0.3, -0.25) is 0 Å². The number of aryl methyl sites for hydroxylation is 1. The summed E-state index contributed by atoms with van der Waals surface area (Å²) in [6.07, 6.45) is 5.20. The molecule has 1 aromatic carbocycles. The number of phenols is 1. The number of ether oxygens (including phenoxy) is 1.